The van der Waals surface area contributed by atoms with Crippen molar-refractivity contribution in [2.24, 2.45) is 0 Å². The number of hydrogen-bond acceptors (Lipinski definition) is 6. The highest BCUT2D eigenvalue weighted by Gasteiger charge is 2.23. The van der Waals surface area contributed by atoms with Crippen LogP contribution in [0.25, 0.3) is 11.1 Å². The van der Waals surface area contributed by atoms with Crippen LogP contribution in [-0.2, 0) is 0 Å². The van der Waals surface area contributed by atoms with Gasteiger partial charge < -0.3 is 20.2 Å². The van der Waals surface area contributed by atoms with Crippen molar-refractivity contribution in [3.05, 3.63) is 48.2 Å². The number of benzene rings is 1. The van der Waals surface area contributed by atoms with Crippen LogP contribution in [0.5, 0.6) is 5.88 Å². The lowest BCUT2D eigenvalue weighted by atomic mass is 10.0. The Labute approximate surface area is 147 Å². The first-order valence-electron chi connectivity index (χ1n) is 7.96. The molecule has 1 aromatic carbocycles. The summed E-state index contributed by atoms with van der Waals surface area (Å²) in [6.45, 7) is 1.85. The molecule has 1 heterocycles. The minimum Gasteiger partial charge on any atom is -0.481 e. The number of nitrogens with one attached hydrogen (secondary N) is 2. The minimum absolute atomic E-state index is 0.123. The van der Waals surface area contributed by atoms with Gasteiger partial charge in [-0.15, -0.1) is 0 Å². The van der Waals surface area contributed by atoms with Crippen LogP contribution in [0, 0.1) is 0 Å². The Kier molecular flexibility index (Phi) is 6.46. The molecule has 3 N–H and O–H groups in total. The van der Waals surface area contributed by atoms with Crippen molar-refractivity contribution in [2.45, 2.75) is 19.1 Å². The first kappa shape index (κ1) is 18.9. The summed E-state index contributed by atoms with van der Waals surface area (Å²) in [5.41, 5.74) is 4.64. The molecule has 0 bridgehead atoms. The zero-order valence-corrected chi connectivity index (χ0v) is 14.9. The molecular weight excluding hydrogens is 320 g/mol. The van der Waals surface area contributed by atoms with Crippen molar-refractivity contribution < 1.29 is 14.7 Å². The van der Waals surface area contributed by atoms with E-state index in [9.17, 15) is 4.79 Å². The third-order valence-electron chi connectivity index (χ3n) is 4.27. The molecule has 134 valence electrons. The average Bonchev–Trinajstić information content (AvgIpc) is 2.68. The molecule has 0 saturated carbocycles. The number of hydrogen-bond donors (Lipinski definition) is 3. The second-order valence-electron chi connectivity index (χ2n) is 5.72. The summed E-state index contributed by atoms with van der Waals surface area (Å²) in [6.07, 6.45) is 1.31. The van der Waals surface area contributed by atoms with Gasteiger partial charge in [-0.05, 0) is 37.7 Å². The van der Waals surface area contributed by atoms with Crippen molar-refractivity contribution in [3.63, 3.8) is 0 Å². The van der Waals surface area contributed by atoms with Gasteiger partial charge in [0.1, 0.15) is 6.17 Å². The van der Waals surface area contributed by atoms with E-state index < -0.39 is 6.17 Å². The smallest absolute Gasteiger partial charge is 0.253 e. The summed E-state index contributed by atoms with van der Waals surface area (Å²) >= 11 is 0. The largest absolute Gasteiger partial charge is 0.481 e. The van der Waals surface area contributed by atoms with Crippen LogP contribution >= 0.6 is 0 Å². The van der Waals surface area contributed by atoms with Crippen LogP contribution in [0.1, 0.15) is 17.3 Å². The zero-order valence-electron chi connectivity index (χ0n) is 14.9. The van der Waals surface area contributed by atoms with Crippen molar-refractivity contribution in [1.29, 1.82) is 0 Å². The summed E-state index contributed by atoms with van der Waals surface area (Å²) in [5.74, 6) is 0.435. The fraction of sp³-hybridized carbons (Fsp3) is 0.333. The van der Waals surface area contributed by atoms with Gasteiger partial charge in [0.2, 0.25) is 5.88 Å². The molecule has 1 aromatic heterocycles. The Bertz CT molecular complexity index is 684. The maximum atomic E-state index is 12.6. The van der Waals surface area contributed by atoms with Crippen molar-refractivity contribution >= 4 is 5.91 Å². The molecule has 1 amide bonds. The molecule has 0 radical (unpaired) electrons. The van der Waals surface area contributed by atoms with E-state index in [1.54, 1.807) is 50.5 Å². The number of carbonyl (C=O) groups is 1. The fourth-order valence-electron chi connectivity index (χ4n) is 2.50. The molecule has 0 saturated heterocycles. The van der Waals surface area contributed by atoms with Gasteiger partial charge in [0.25, 0.3) is 5.91 Å². The van der Waals surface area contributed by atoms with E-state index in [0.29, 0.717) is 11.4 Å². The lowest BCUT2D eigenvalue weighted by molar-refractivity contribution is 0.0493. The number of hydroxylamine groups is 1. The summed E-state index contributed by atoms with van der Waals surface area (Å²) in [5, 5.41) is 12.0. The number of nitrogens with zero attached hydrogens (tertiary/aromatic N) is 2. The topological polar surface area (TPSA) is 86.7 Å². The van der Waals surface area contributed by atoms with Gasteiger partial charge in [0.05, 0.1) is 13.2 Å². The third kappa shape index (κ3) is 4.33. The van der Waals surface area contributed by atoms with Crippen molar-refractivity contribution in [3.8, 4) is 17.0 Å². The van der Waals surface area contributed by atoms with E-state index in [2.05, 4.69) is 15.8 Å². The number of amides is 1. The second-order valence-corrected chi connectivity index (χ2v) is 5.72. The highest BCUT2D eigenvalue weighted by molar-refractivity contribution is 5.94. The lowest BCUT2D eigenvalue weighted by Gasteiger charge is -2.31. The molecule has 0 fully saturated rings. The Hall–Kier alpha value is -2.48. The average molecular weight is 344 g/mol. The Balaban J connectivity index is 2.14. The predicted molar refractivity (Wildman–Crippen MR) is 95.6 cm³/mol. The standard InChI is InChI=1S/C18H24N4O3/c1-12(17(19-2)21-24)22(3)18(23)14-7-5-13(6-8-14)15-9-10-16(25-4)20-11-15/h5-12,17,19,21,24H,1-4H3. The van der Waals surface area contributed by atoms with Gasteiger partial charge in [-0.25, -0.2) is 4.98 Å². The molecule has 0 aliphatic carbocycles. The number of aromatic nitrogens is 1. The van der Waals surface area contributed by atoms with E-state index in [1.807, 2.05) is 25.1 Å². The molecule has 0 aliphatic rings. The summed E-state index contributed by atoms with van der Waals surface area (Å²) in [7, 11) is 4.99. The minimum atomic E-state index is -0.418. The van der Waals surface area contributed by atoms with E-state index in [0.717, 1.165) is 11.1 Å². The molecule has 2 atom stereocenters. The van der Waals surface area contributed by atoms with Crippen molar-refractivity contribution in [2.75, 3.05) is 21.2 Å². The molecule has 2 unspecified atom stereocenters. The highest BCUT2D eigenvalue weighted by atomic mass is 16.5. The van der Waals surface area contributed by atoms with E-state index in [1.165, 1.54) is 0 Å². The first-order valence-corrected chi connectivity index (χ1v) is 7.96. The molecule has 25 heavy (non-hydrogen) atoms. The van der Waals surface area contributed by atoms with E-state index in [-0.39, 0.29) is 11.9 Å². The molecular formula is C18H24N4O3. The SMILES string of the molecule is CNC(NO)C(C)N(C)C(=O)c1ccc(-c2ccc(OC)nc2)cc1. The summed E-state index contributed by atoms with van der Waals surface area (Å²) < 4.78 is 5.05. The Morgan fingerprint density at radius 2 is 1.84 bits per heavy atom. The number of carbonyl (C=O) groups excluding carboxylic acids is 1. The van der Waals surface area contributed by atoms with Gasteiger partial charge in [-0.2, -0.15) is 5.48 Å². The molecule has 7 heteroatoms. The van der Waals surface area contributed by atoms with Crippen LogP contribution in [0.4, 0.5) is 0 Å². The first-order chi connectivity index (χ1) is 12.0. The van der Waals surface area contributed by atoms with E-state index >= 15 is 0 Å². The maximum Gasteiger partial charge on any atom is 0.253 e. The third-order valence-corrected chi connectivity index (χ3v) is 4.27. The van der Waals surface area contributed by atoms with Crippen LogP contribution < -0.4 is 15.5 Å². The van der Waals surface area contributed by atoms with E-state index in [4.69, 9.17) is 9.94 Å². The quantitative estimate of drug-likeness (QED) is 0.524. The maximum absolute atomic E-state index is 12.6. The lowest BCUT2D eigenvalue weighted by Crippen LogP contribution is -2.54. The number of ether oxygens (including phenoxy) is 1. The molecule has 2 aromatic rings. The van der Waals surface area contributed by atoms with Crippen LogP contribution in [0.2, 0.25) is 0 Å². The van der Waals surface area contributed by atoms with Gasteiger partial charge in [0.15, 0.2) is 0 Å². The Morgan fingerprint density at radius 1 is 1.20 bits per heavy atom. The molecule has 0 spiro atoms. The fourth-order valence-corrected chi connectivity index (χ4v) is 2.50. The number of methoxy groups -OCH3 is 1. The number of rotatable bonds is 7. The van der Waals surface area contributed by atoms with Crippen molar-refractivity contribution in [1.82, 2.24) is 20.7 Å². The van der Waals surface area contributed by atoms with Crippen LogP contribution in [-0.4, -0.2) is 54.4 Å². The number of likely N-dealkylation sites (N-methyl/N-ethyl adjacent to an activating group) is 2. The van der Waals surface area contributed by atoms with Gasteiger partial charge in [-0.3, -0.25) is 4.79 Å². The molecule has 2 rings (SSSR count). The van der Waals surface area contributed by atoms with Crippen LogP contribution in [0.3, 0.4) is 0 Å². The monoisotopic (exact) mass is 344 g/mol. The molecule has 7 nitrogen and oxygen atoms in total. The second kappa shape index (κ2) is 8.57. The summed E-state index contributed by atoms with van der Waals surface area (Å²) in [4.78, 5) is 18.4. The summed E-state index contributed by atoms with van der Waals surface area (Å²) in [6, 6.07) is 10.8. The highest BCUT2D eigenvalue weighted by Crippen LogP contribution is 2.21. The predicted octanol–water partition coefficient (Wildman–Crippen LogP) is 1.74. The number of pyridine rings is 1. The van der Waals surface area contributed by atoms with Crippen LogP contribution in [0.15, 0.2) is 42.6 Å². The zero-order chi connectivity index (χ0) is 18.4. The van der Waals surface area contributed by atoms with Gasteiger partial charge in [-0.1, -0.05) is 12.1 Å². The normalized spacial score (nSPS) is 13.2. The molecule has 0 aliphatic heterocycles. The Morgan fingerprint density at radius 3 is 2.32 bits per heavy atom. The van der Waals surface area contributed by atoms with Gasteiger partial charge in [0, 0.05) is 30.4 Å². The van der Waals surface area contributed by atoms with Gasteiger partial charge >= 0.3 is 0 Å².